The number of amides is 1. The average molecular weight is 451 g/mol. The number of piperidine rings is 1. The molecule has 5 rings (SSSR count). The van der Waals surface area contributed by atoms with Gasteiger partial charge in [0, 0.05) is 47.9 Å². The third kappa shape index (κ3) is 4.30. The number of aliphatic hydroxyl groups is 2. The molecule has 0 spiro atoms. The second-order valence-corrected chi connectivity index (χ2v) is 9.64. The molecule has 6 heteroatoms. The molecule has 5 nitrogen and oxygen atoms in total. The Hall–Kier alpha value is -2.70. The number of aromatic nitrogens is 1. The van der Waals surface area contributed by atoms with Gasteiger partial charge in [0.1, 0.15) is 5.82 Å². The quantitative estimate of drug-likeness (QED) is 0.499. The van der Waals surface area contributed by atoms with E-state index in [0.717, 1.165) is 43.2 Å². The van der Waals surface area contributed by atoms with Crippen molar-refractivity contribution in [2.24, 2.45) is 11.8 Å². The highest BCUT2D eigenvalue weighted by Gasteiger charge is 2.42. The largest absolute Gasteiger partial charge is 0.368 e. The van der Waals surface area contributed by atoms with Crippen molar-refractivity contribution in [1.82, 2.24) is 9.88 Å². The van der Waals surface area contributed by atoms with Crippen LogP contribution in [0.15, 0.2) is 54.7 Å². The van der Waals surface area contributed by atoms with Crippen molar-refractivity contribution in [3.63, 3.8) is 0 Å². The van der Waals surface area contributed by atoms with E-state index in [4.69, 9.17) is 0 Å². The molecule has 1 aliphatic heterocycles. The fourth-order valence-electron chi connectivity index (χ4n) is 6.05. The summed E-state index contributed by atoms with van der Waals surface area (Å²) in [5.74, 6) is -0.619. The summed E-state index contributed by atoms with van der Waals surface area (Å²) in [6.07, 6.45) is 5.56. The molecule has 1 amide bonds. The van der Waals surface area contributed by atoms with E-state index in [9.17, 15) is 19.4 Å². The molecule has 0 radical (unpaired) electrons. The summed E-state index contributed by atoms with van der Waals surface area (Å²) in [7, 11) is 0. The predicted molar refractivity (Wildman–Crippen MR) is 125 cm³/mol. The molecular formula is C27H31FN2O3. The Kier molecular flexibility index (Phi) is 6.21. The second-order valence-electron chi connectivity index (χ2n) is 9.64. The lowest BCUT2D eigenvalue weighted by atomic mass is 9.74. The highest BCUT2D eigenvalue weighted by molar-refractivity contribution is 5.86. The van der Waals surface area contributed by atoms with Gasteiger partial charge in [-0.25, -0.2) is 4.39 Å². The lowest BCUT2D eigenvalue weighted by Crippen LogP contribution is -2.54. The zero-order valence-electron chi connectivity index (χ0n) is 18.7. The normalized spacial score (nSPS) is 24.1. The number of H-pyrrole nitrogens is 1. The predicted octanol–water partition coefficient (Wildman–Crippen LogP) is 4.55. The minimum atomic E-state index is -1.42. The molecule has 2 fully saturated rings. The van der Waals surface area contributed by atoms with Crippen molar-refractivity contribution in [2.45, 2.75) is 56.8 Å². The van der Waals surface area contributed by atoms with Crippen LogP contribution in [0.2, 0.25) is 0 Å². The van der Waals surface area contributed by atoms with Gasteiger partial charge in [-0.05, 0) is 48.4 Å². The Balaban J connectivity index is 1.49. The zero-order valence-corrected chi connectivity index (χ0v) is 18.7. The van der Waals surface area contributed by atoms with E-state index in [0.29, 0.717) is 23.4 Å². The van der Waals surface area contributed by atoms with E-state index in [1.807, 2.05) is 47.5 Å². The number of aromatic amines is 1. The smallest absolute Gasteiger partial charge is 0.223 e. The van der Waals surface area contributed by atoms with Gasteiger partial charge in [0.15, 0.2) is 6.29 Å². The van der Waals surface area contributed by atoms with Crippen molar-refractivity contribution >= 4 is 16.8 Å². The van der Waals surface area contributed by atoms with Crippen molar-refractivity contribution in [2.75, 3.05) is 6.54 Å². The minimum absolute atomic E-state index is 0.00297. The summed E-state index contributed by atoms with van der Waals surface area (Å²) in [5, 5.41) is 20.3. The number of aliphatic hydroxyl groups excluding tert-OH is 1. The van der Waals surface area contributed by atoms with Gasteiger partial charge in [-0.15, -0.1) is 0 Å². The maximum Gasteiger partial charge on any atom is 0.223 e. The van der Waals surface area contributed by atoms with Crippen molar-refractivity contribution in [3.05, 3.63) is 71.7 Å². The van der Waals surface area contributed by atoms with Crippen LogP contribution in [0.4, 0.5) is 4.39 Å². The molecule has 174 valence electrons. The molecule has 3 aromatic rings. The van der Waals surface area contributed by atoms with Crippen LogP contribution < -0.4 is 0 Å². The molecule has 1 aliphatic carbocycles. The van der Waals surface area contributed by atoms with E-state index in [1.165, 1.54) is 6.07 Å². The number of hydrogen-bond acceptors (Lipinski definition) is 3. The summed E-state index contributed by atoms with van der Waals surface area (Å²) in [6.45, 7) is 0.363. The summed E-state index contributed by atoms with van der Waals surface area (Å²) < 4.78 is 14.8. The molecule has 0 bridgehead atoms. The van der Waals surface area contributed by atoms with Crippen LogP contribution in [0.3, 0.4) is 0 Å². The number of nitrogens with zero attached hydrogens (tertiary/aromatic N) is 1. The lowest BCUT2D eigenvalue weighted by Gasteiger charge is -2.47. The molecule has 1 saturated heterocycles. The molecule has 1 saturated carbocycles. The van der Waals surface area contributed by atoms with E-state index in [1.54, 1.807) is 6.07 Å². The first-order chi connectivity index (χ1) is 16.0. The highest BCUT2D eigenvalue weighted by Crippen LogP contribution is 2.40. The molecule has 2 aliphatic rings. The Morgan fingerprint density at radius 3 is 2.67 bits per heavy atom. The molecular weight excluding hydrogens is 419 g/mol. The van der Waals surface area contributed by atoms with Gasteiger partial charge in [0.2, 0.25) is 5.91 Å². The monoisotopic (exact) mass is 450 g/mol. The van der Waals surface area contributed by atoms with Crippen molar-refractivity contribution in [3.8, 4) is 0 Å². The van der Waals surface area contributed by atoms with Gasteiger partial charge >= 0.3 is 0 Å². The molecule has 3 N–H and O–H groups in total. The summed E-state index contributed by atoms with van der Waals surface area (Å²) in [6, 6.07) is 14.9. The summed E-state index contributed by atoms with van der Waals surface area (Å²) >= 11 is 0. The van der Waals surface area contributed by atoms with Gasteiger partial charge in [-0.3, -0.25) is 4.79 Å². The van der Waals surface area contributed by atoms with Gasteiger partial charge in [0.25, 0.3) is 0 Å². The maximum atomic E-state index is 14.8. The van der Waals surface area contributed by atoms with Crippen LogP contribution in [0, 0.1) is 17.7 Å². The van der Waals surface area contributed by atoms with Gasteiger partial charge < -0.3 is 20.1 Å². The number of fused-ring (bicyclic) bond motifs is 2. The molecule has 2 aromatic carbocycles. The number of likely N-dealkylation sites (tertiary alicyclic amines) is 1. The third-order valence-electron chi connectivity index (χ3n) is 7.69. The van der Waals surface area contributed by atoms with Gasteiger partial charge in [0.05, 0.1) is 0 Å². The van der Waals surface area contributed by atoms with Gasteiger partial charge in [-0.1, -0.05) is 49.2 Å². The minimum Gasteiger partial charge on any atom is -0.368 e. The van der Waals surface area contributed by atoms with E-state index in [-0.39, 0.29) is 36.0 Å². The number of benzene rings is 2. The van der Waals surface area contributed by atoms with Crippen molar-refractivity contribution < 1.29 is 19.4 Å². The Bertz CT molecular complexity index is 1110. The summed E-state index contributed by atoms with van der Waals surface area (Å²) in [5.41, 5.74) is 2.46. The number of carbonyl (C=O) groups excluding carboxylic acids is 1. The van der Waals surface area contributed by atoms with Crippen molar-refractivity contribution in [1.29, 1.82) is 0 Å². The summed E-state index contributed by atoms with van der Waals surface area (Å²) in [4.78, 5) is 18.8. The van der Waals surface area contributed by atoms with Gasteiger partial charge in [-0.2, -0.15) is 0 Å². The molecule has 4 unspecified atom stereocenters. The molecule has 2 heterocycles. The lowest BCUT2D eigenvalue weighted by molar-refractivity contribution is -0.151. The van der Waals surface area contributed by atoms with Crippen LogP contribution in [-0.4, -0.2) is 44.9 Å². The SMILES string of the molecule is O=C(CC(c1ccccc1)c1c[nH]c2cccc(F)c12)N1CC(C(O)O)CC2CCCCC21. The van der Waals surface area contributed by atoms with Crippen LogP contribution in [0.5, 0.6) is 0 Å². The van der Waals surface area contributed by atoms with E-state index < -0.39 is 6.29 Å². The molecule has 33 heavy (non-hydrogen) atoms. The Labute approximate surface area is 193 Å². The number of nitrogens with one attached hydrogen (secondary N) is 1. The second kappa shape index (κ2) is 9.27. The average Bonchev–Trinajstić information content (AvgIpc) is 3.27. The van der Waals surface area contributed by atoms with Crippen LogP contribution in [0.25, 0.3) is 10.9 Å². The maximum absolute atomic E-state index is 14.8. The Morgan fingerprint density at radius 2 is 1.88 bits per heavy atom. The van der Waals surface area contributed by atoms with Crippen LogP contribution >= 0.6 is 0 Å². The standard InChI is InChI=1S/C27H31FN2O3/c28-22-10-6-11-23-26(22)21(15-29-23)20(17-7-2-1-3-8-17)14-25(31)30-16-19(27(32)33)13-18-9-4-5-12-24(18)30/h1-3,6-8,10-11,15,18-20,24,27,29,32-33H,4-5,9,12-14,16H2. The molecule has 1 aromatic heterocycles. The fourth-order valence-corrected chi connectivity index (χ4v) is 6.05. The first-order valence-corrected chi connectivity index (χ1v) is 12.0. The van der Waals surface area contributed by atoms with E-state index >= 15 is 0 Å². The first kappa shape index (κ1) is 22.1. The number of rotatable bonds is 5. The first-order valence-electron chi connectivity index (χ1n) is 12.0. The number of hydrogen-bond donors (Lipinski definition) is 3. The van der Waals surface area contributed by atoms with E-state index in [2.05, 4.69) is 4.98 Å². The number of halogens is 1. The van der Waals surface area contributed by atoms with Crippen LogP contribution in [0.1, 0.15) is 55.6 Å². The third-order valence-corrected chi connectivity index (χ3v) is 7.69. The molecule has 4 atom stereocenters. The topological polar surface area (TPSA) is 76.6 Å². The zero-order chi connectivity index (χ0) is 22.9. The Morgan fingerprint density at radius 1 is 1.09 bits per heavy atom. The fraction of sp³-hybridized carbons (Fsp3) is 0.444. The highest BCUT2D eigenvalue weighted by atomic mass is 19.1. The van der Waals surface area contributed by atoms with Crippen LogP contribution in [-0.2, 0) is 4.79 Å². The number of carbonyl (C=O) groups is 1.